The first-order chi connectivity index (χ1) is 9.56. The van der Waals surface area contributed by atoms with Gasteiger partial charge in [0.1, 0.15) is 5.75 Å². The maximum atomic E-state index is 11.6. The summed E-state index contributed by atoms with van der Waals surface area (Å²) in [6.45, 7) is 2.81. The fourth-order valence-electron chi connectivity index (χ4n) is 1.97. The molecule has 1 aliphatic heterocycles. The third kappa shape index (κ3) is 3.94. The van der Waals surface area contributed by atoms with Crippen LogP contribution in [0.4, 0.5) is 0 Å². The Balaban J connectivity index is 1.79. The fraction of sp³-hybridized carbons (Fsp3) is 0.538. The van der Waals surface area contributed by atoms with Gasteiger partial charge in [-0.05, 0) is 25.8 Å². The minimum absolute atomic E-state index is 0.0805. The Bertz CT molecular complexity index is 493. The molecule has 1 saturated heterocycles. The molecular formula is C13H17NO5S. The van der Waals surface area contributed by atoms with Gasteiger partial charge in [0, 0.05) is 18.0 Å². The zero-order chi connectivity index (χ0) is 14.5. The van der Waals surface area contributed by atoms with E-state index in [0.717, 1.165) is 35.7 Å². The van der Waals surface area contributed by atoms with Crippen molar-refractivity contribution in [3.05, 3.63) is 15.8 Å². The van der Waals surface area contributed by atoms with Crippen LogP contribution in [-0.4, -0.2) is 42.8 Å². The third-order valence-corrected chi connectivity index (χ3v) is 3.94. The highest BCUT2D eigenvalue weighted by Crippen LogP contribution is 2.28. The van der Waals surface area contributed by atoms with Crippen LogP contribution < -0.4 is 10.1 Å². The third-order valence-electron chi connectivity index (χ3n) is 2.93. The van der Waals surface area contributed by atoms with Crippen LogP contribution in [-0.2, 0) is 9.53 Å². The van der Waals surface area contributed by atoms with Crippen LogP contribution in [0.2, 0.25) is 0 Å². The zero-order valence-corrected chi connectivity index (χ0v) is 12.0. The Morgan fingerprint density at radius 1 is 1.60 bits per heavy atom. The second-order valence-corrected chi connectivity index (χ2v) is 5.84. The Labute approximate surface area is 120 Å². The largest absolute Gasteiger partial charge is 0.482 e. The van der Waals surface area contributed by atoms with Gasteiger partial charge in [0.15, 0.2) is 11.5 Å². The molecule has 0 aromatic carbocycles. The van der Waals surface area contributed by atoms with E-state index in [0.29, 0.717) is 6.54 Å². The number of rotatable bonds is 6. The maximum Gasteiger partial charge on any atom is 0.349 e. The van der Waals surface area contributed by atoms with Gasteiger partial charge in [-0.1, -0.05) is 0 Å². The Morgan fingerprint density at radius 2 is 2.40 bits per heavy atom. The molecule has 1 aromatic heterocycles. The number of nitrogens with one attached hydrogen (secondary N) is 1. The van der Waals surface area contributed by atoms with Gasteiger partial charge in [0.2, 0.25) is 0 Å². The SMILES string of the molecule is Cc1cc(OCC(=O)NCC2CCCO2)c(C(=O)O)s1. The summed E-state index contributed by atoms with van der Waals surface area (Å²) in [5.41, 5.74) is 0. The lowest BCUT2D eigenvalue weighted by molar-refractivity contribution is -0.123. The molecule has 1 fully saturated rings. The molecule has 0 radical (unpaired) electrons. The number of carbonyl (C=O) groups excluding carboxylic acids is 1. The lowest BCUT2D eigenvalue weighted by Gasteiger charge is -2.11. The fourth-order valence-corrected chi connectivity index (χ4v) is 2.77. The average molecular weight is 299 g/mol. The van der Waals surface area contributed by atoms with E-state index in [1.54, 1.807) is 13.0 Å². The van der Waals surface area contributed by atoms with E-state index in [2.05, 4.69) is 5.32 Å². The molecule has 2 heterocycles. The van der Waals surface area contributed by atoms with Crippen molar-refractivity contribution < 1.29 is 24.2 Å². The molecule has 1 amide bonds. The van der Waals surface area contributed by atoms with Crippen molar-refractivity contribution in [3.8, 4) is 5.75 Å². The monoisotopic (exact) mass is 299 g/mol. The quantitative estimate of drug-likeness (QED) is 0.830. The van der Waals surface area contributed by atoms with Crippen LogP contribution in [0.25, 0.3) is 0 Å². The van der Waals surface area contributed by atoms with Crippen LogP contribution in [0.15, 0.2) is 6.07 Å². The molecule has 2 N–H and O–H groups in total. The summed E-state index contributed by atoms with van der Waals surface area (Å²) < 4.78 is 10.7. The molecule has 20 heavy (non-hydrogen) atoms. The molecule has 1 atom stereocenters. The zero-order valence-electron chi connectivity index (χ0n) is 11.2. The highest BCUT2D eigenvalue weighted by molar-refractivity contribution is 7.14. The molecular weight excluding hydrogens is 282 g/mol. The number of aryl methyl sites for hydroxylation is 1. The Hall–Kier alpha value is -1.60. The Kier molecular flexibility index (Phi) is 4.97. The van der Waals surface area contributed by atoms with E-state index >= 15 is 0 Å². The number of carbonyl (C=O) groups is 2. The van der Waals surface area contributed by atoms with Crippen LogP contribution in [0, 0.1) is 6.92 Å². The molecule has 0 bridgehead atoms. The van der Waals surface area contributed by atoms with E-state index in [9.17, 15) is 9.59 Å². The topological polar surface area (TPSA) is 84.9 Å². The van der Waals surface area contributed by atoms with E-state index in [-0.39, 0.29) is 29.2 Å². The number of hydrogen-bond acceptors (Lipinski definition) is 5. The Morgan fingerprint density at radius 3 is 3.05 bits per heavy atom. The number of carboxylic acid groups (broad SMARTS) is 1. The standard InChI is InChI=1S/C13H17NO5S/c1-8-5-10(12(20-8)13(16)17)19-7-11(15)14-6-9-3-2-4-18-9/h5,9H,2-4,6-7H2,1H3,(H,14,15)(H,16,17). The molecule has 0 aliphatic carbocycles. The number of hydrogen-bond donors (Lipinski definition) is 2. The van der Waals surface area contributed by atoms with Gasteiger partial charge in [0.25, 0.3) is 5.91 Å². The number of ether oxygens (including phenoxy) is 2. The van der Waals surface area contributed by atoms with Crippen LogP contribution in [0.3, 0.4) is 0 Å². The predicted molar refractivity (Wildman–Crippen MR) is 73.5 cm³/mol. The van der Waals surface area contributed by atoms with Crippen molar-refractivity contribution in [3.63, 3.8) is 0 Å². The first-order valence-corrected chi connectivity index (χ1v) is 7.22. The van der Waals surface area contributed by atoms with Gasteiger partial charge >= 0.3 is 5.97 Å². The molecule has 1 aliphatic rings. The van der Waals surface area contributed by atoms with Gasteiger partial charge in [-0.3, -0.25) is 4.79 Å². The van der Waals surface area contributed by atoms with Crippen molar-refractivity contribution in [1.82, 2.24) is 5.32 Å². The smallest absolute Gasteiger partial charge is 0.349 e. The maximum absolute atomic E-state index is 11.6. The second kappa shape index (κ2) is 6.71. The second-order valence-electron chi connectivity index (χ2n) is 4.58. The van der Waals surface area contributed by atoms with Gasteiger partial charge in [0.05, 0.1) is 6.10 Å². The molecule has 1 unspecified atom stereocenters. The van der Waals surface area contributed by atoms with Gasteiger partial charge in [-0.25, -0.2) is 4.79 Å². The minimum Gasteiger partial charge on any atom is -0.482 e. The van der Waals surface area contributed by atoms with E-state index in [4.69, 9.17) is 14.6 Å². The molecule has 6 nitrogen and oxygen atoms in total. The highest BCUT2D eigenvalue weighted by Gasteiger charge is 2.18. The summed E-state index contributed by atoms with van der Waals surface area (Å²) >= 11 is 1.13. The van der Waals surface area contributed by atoms with Crippen molar-refractivity contribution in [1.29, 1.82) is 0 Å². The van der Waals surface area contributed by atoms with Crippen LogP contribution in [0.5, 0.6) is 5.75 Å². The average Bonchev–Trinajstić information content (AvgIpc) is 3.03. The summed E-state index contributed by atoms with van der Waals surface area (Å²) in [5, 5.41) is 11.7. The van der Waals surface area contributed by atoms with Crippen LogP contribution in [0.1, 0.15) is 27.4 Å². The number of thiophene rings is 1. The first kappa shape index (κ1) is 14.8. The first-order valence-electron chi connectivity index (χ1n) is 6.41. The lowest BCUT2D eigenvalue weighted by atomic mass is 10.2. The number of aromatic carboxylic acids is 1. The summed E-state index contributed by atoms with van der Waals surface area (Å²) in [5.74, 6) is -1.08. The minimum atomic E-state index is -1.04. The highest BCUT2D eigenvalue weighted by atomic mass is 32.1. The summed E-state index contributed by atoms with van der Waals surface area (Å²) in [6.07, 6.45) is 2.05. The normalized spacial score (nSPS) is 17.9. The van der Waals surface area contributed by atoms with Crippen molar-refractivity contribution >= 4 is 23.2 Å². The van der Waals surface area contributed by atoms with Crippen molar-refractivity contribution in [2.45, 2.75) is 25.9 Å². The molecule has 0 spiro atoms. The van der Waals surface area contributed by atoms with E-state index in [1.165, 1.54) is 0 Å². The lowest BCUT2D eigenvalue weighted by Crippen LogP contribution is -2.35. The molecule has 1 aromatic rings. The van der Waals surface area contributed by atoms with E-state index in [1.807, 2.05) is 0 Å². The number of amides is 1. The predicted octanol–water partition coefficient (Wildman–Crippen LogP) is 1.43. The molecule has 0 saturated carbocycles. The van der Waals surface area contributed by atoms with Crippen LogP contribution >= 0.6 is 11.3 Å². The summed E-state index contributed by atoms with van der Waals surface area (Å²) in [4.78, 5) is 23.6. The summed E-state index contributed by atoms with van der Waals surface area (Å²) in [6, 6.07) is 1.63. The summed E-state index contributed by atoms with van der Waals surface area (Å²) in [7, 11) is 0. The molecule has 110 valence electrons. The van der Waals surface area contributed by atoms with Gasteiger partial charge in [-0.15, -0.1) is 11.3 Å². The van der Waals surface area contributed by atoms with Crippen molar-refractivity contribution in [2.75, 3.05) is 19.8 Å². The van der Waals surface area contributed by atoms with Crippen molar-refractivity contribution in [2.24, 2.45) is 0 Å². The van der Waals surface area contributed by atoms with Gasteiger partial charge in [-0.2, -0.15) is 0 Å². The van der Waals surface area contributed by atoms with Gasteiger partial charge < -0.3 is 19.9 Å². The molecule has 7 heteroatoms. The number of carboxylic acids is 1. The van der Waals surface area contributed by atoms with E-state index < -0.39 is 5.97 Å². The molecule has 2 rings (SSSR count).